The van der Waals surface area contributed by atoms with Gasteiger partial charge in [0.25, 0.3) is 0 Å². The molecule has 1 N–H and O–H groups in total. The first-order chi connectivity index (χ1) is 9.43. The SMILES string of the molecule is CC[C@H](C)C(=O)O[C@H]1C[C@@H](O)C=C2C=C[C@@H](C)[C@H](C)C21. The van der Waals surface area contributed by atoms with Gasteiger partial charge < -0.3 is 9.84 Å². The monoisotopic (exact) mass is 278 g/mol. The van der Waals surface area contributed by atoms with Crippen LogP contribution in [0.1, 0.15) is 40.5 Å². The fourth-order valence-corrected chi connectivity index (χ4v) is 3.13. The highest BCUT2D eigenvalue weighted by Crippen LogP contribution is 2.41. The summed E-state index contributed by atoms with van der Waals surface area (Å²) in [6, 6.07) is 0. The van der Waals surface area contributed by atoms with Crippen LogP contribution in [0.25, 0.3) is 0 Å². The maximum atomic E-state index is 12.1. The highest BCUT2D eigenvalue weighted by atomic mass is 16.5. The third-order valence-electron chi connectivity index (χ3n) is 4.91. The van der Waals surface area contributed by atoms with Crippen LogP contribution >= 0.6 is 0 Å². The molecule has 3 heteroatoms. The Morgan fingerprint density at radius 1 is 1.50 bits per heavy atom. The molecule has 0 radical (unpaired) electrons. The molecule has 2 aliphatic carbocycles. The van der Waals surface area contributed by atoms with Crippen LogP contribution in [0.3, 0.4) is 0 Å². The Morgan fingerprint density at radius 2 is 2.20 bits per heavy atom. The molecule has 20 heavy (non-hydrogen) atoms. The zero-order chi connectivity index (χ0) is 14.9. The van der Waals surface area contributed by atoms with Gasteiger partial charge in [0.1, 0.15) is 6.10 Å². The summed E-state index contributed by atoms with van der Waals surface area (Å²) in [6.45, 7) is 8.27. The van der Waals surface area contributed by atoms with Gasteiger partial charge in [0.05, 0.1) is 12.0 Å². The number of ether oxygens (including phenoxy) is 1. The van der Waals surface area contributed by atoms with Gasteiger partial charge in [-0.15, -0.1) is 0 Å². The topological polar surface area (TPSA) is 46.5 Å². The number of carbonyl (C=O) groups is 1. The molecule has 0 spiro atoms. The summed E-state index contributed by atoms with van der Waals surface area (Å²) in [5.41, 5.74) is 1.12. The molecule has 0 aromatic heterocycles. The van der Waals surface area contributed by atoms with Crippen LogP contribution in [0.5, 0.6) is 0 Å². The minimum absolute atomic E-state index is 0.0756. The van der Waals surface area contributed by atoms with Crippen molar-refractivity contribution in [2.45, 2.75) is 52.7 Å². The molecular weight excluding hydrogens is 252 g/mol. The van der Waals surface area contributed by atoms with Crippen LogP contribution in [0.4, 0.5) is 0 Å². The van der Waals surface area contributed by atoms with E-state index in [0.29, 0.717) is 18.3 Å². The minimum atomic E-state index is -0.513. The zero-order valence-corrected chi connectivity index (χ0v) is 12.9. The van der Waals surface area contributed by atoms with E-state index in [4.69, 9.17) is 4.74 Å². The molecule has 0 fully saturated rings. The standard InChI is InChI=1S/C17H26O3/c1-5-10(2)17(19)20-15-9-14(18)8-13-7-6-11(3)12(4)16(13)15/h6-8,10-12,14-16,18H,5,9H2,1-4H3/t10-,11+,12-,14-,15-,16?/m0/s1. The molecule has 0 aromatic rings. The lowest BCUT2D eigenvalue weighted by atomic mass is 9.69. The van der Waals surface area contributed by atoms with Gasteiger partial charge in [-0.2, -0.15) is 0 Å². The molecule has 0 saturated heterocycles. The molecule has 0 bridgehead atoms. The van der Waals surface area contributed by atoms with E-state index in [9.17, 15) is 9.90 Å². The molecule has 0 aliphatic heterocycles. The number of carbonyl (C=O) groups excluding carboxylic acids is 1. The Balaban J connectivity index is 2.19. The van der Waals surface area contributed by atoms with Gasteiger partial charge in [-0.1, -0.05) is 45.9 Å². The Labute approximate surface area is 121 Å². The Hall–Kier alpha value is -1.09. The average molecular weight is 278 g/mol. The van der Waals surface area contributed by atoms with Crippen molar-refractivity contribution in [3.63, 3.8) is 0 Å². The molecule has 1 unspecified atom stereocenters. The molecule has 3 nitrogen and oxygen atoms in total. The predicted octanol–water partition coefficient (Wildman–Crippen LogP) is 3.09. The van der Waals surface area contributed by atoms with E-state index in [0.717, 1.165) is 12.0 Å². The number of rotatable bonds is 3. The van der Waals surface area contributed by atoms with Crippen molar-refractivity contribution in [3.05, 3.63) is 23.8 Å². The summed E-state index contributed by atoms with van der Waals surface area (Å²) >= 11 is 0. The molecule has 112 valence electrons. The van der Waals surface area contributed by atoms with Crippen LogP contribution in [0.2, 0.25) is 0 Å². The molecule has 0 heterocycles. The largest absolute Gasteiger partial charge is 0.461 e. The zero-order valence-electron chi connectivity index (χ0n) is 12.9. The van der Waals surface area contributed by atoms with E-state index >= 15 is 0 Å². The number of aliphatic hydroxyl groups is 1. The van der Waals surface area contributed by atoms with Crippen molar-refractivity contribution < 1.29 is 14.6 Å². The second-order valence-corrected chi connectivity index (χ2v) is 6.36. The van der Waals surface area contributed by atoms with Crippen LogP contribution in [-0.4, -0.2) is 23.3 Å². The van der Waals surface area contributed by atoms with Gasteiger partial charge in [-0.3, -0.25) is 4.79 Å². The van der Waals surface area contributed by atoms with E-state index in [2.05, 4.69) is 26.0 Å². The first-order valence-electron chi connectivity index (χ1n) is 7.72. The number of esters is 1. The third kappa shape index (κ3) is 2.98. The van der Waals surface area contributed by atoms with E-state index in [1.54, 1.807) is 0 Å². The molecule has 2 rings (SSSR count). The normalized spacial score (nSPS) is 37.9. The van der Waals surface area contributed by atoms with E-state index in [-0.39, 0.29) is 23.9 Å². The van der Waals surface area contributed by atoms with Crippen molar-refractivity contribution in [1.29, 1.82) is 0 Å². The van der Waals surface area contributed by atoms with Crippen molar-refractivity contribution in [1.82, 2.24) is 0 Å². The lowest BCUT2D eigenvalue weighted by Crippen LogP contribution is -2.41. The lowest BCUT2D eigenvalue weighted by molar-refractivity contribution is -0.158. The highest BCUT2D eigenvalue weighted by molar-refractivity contribution is 5.72. The molecule has 6 atom stereocenters. The maximum Gasteiger partial charge on any atom is 0.308 e. The van der Waals surface area contributed by atoms with Gasteiger partial charge in [-0.25, -0.2) is 0 Å². The Kier molecular flexibility index (Phi) is 4.69. The van der Waals surface area contributed by atoms with Crippen LogP contribution in [0.15, 0.2) is 23.8 Å². The van der Waals surface area contributed by atoms with Crippen molar-refractivity contribution in [2.75, 3.05) is 0 Å². The fourth-order valence-electron chi connectivity index (χ4n) is 3.13. The average Bonchev–Trinajstić information content (AvgIpc) is 2.41. The van der Waals surface area contributed by atoms with Crippen molar-refractivity contribution in [3.8, 4) is 0 Å². The minimum Gasteiger partial charge on any atom is -0.461 e. The van der Waals surface area contributed by atoms with Gasteiger partial charge in [0.2, 0.25) is 0 Å². The Morgan fingerprint density at radius 3 is 2.85 bits per heavy atom. The number of hydrogen-bond acceptors (Lipinski definition) is 3. The van der Waals surface area contributed by atoms with Crippen molar-refractivity contribution in [2.24, 2.45) is 23.7 Å². The van der Waals surface area contributed by atoms with Gasteiger partial charge in [0, 0.05) is 12.3 Å². The molecule has 2 aliphatic rings. The summed E-state index contributed by atoms with van der Waals surface area (Å²) in [4.78, 5) is 12.1. The van der Waals surface area contributed by atoms with E-state index < -0.39 is 6.10 Å². The highest BCUT2D eigenvalue weighted by Gasteiger charge is 2.40. The maximum absolute atomic E-state index is 12.1. The molecule has 0 saturated carbocycles. The number of aliphatic hydroxyl groups excluding tert-OH is 1. The lowest BCUT2D eigenvalue weighted by Gasteiger charge is -2.41. The van der Waals surface area contributed by atoms with Crippen LogP contribution < -0.4 is 0 Å². The van der Waals surface area contributed by atoms with Crippen molar-refractivity contribution >= 4 is 5.97 Å². The van der Waals surface area contributed by atoms with E-state index in [1.165, 1.54) is 0 Å². The smallest absolute Gasteiger partial charge is 0.308 e. The predicted molar refractivity (Wildman–Crippen MR) is 79.0 cm³/mol. The first kappa shape index (κ1) is 15.3. The number of hydrogen-bond donors (Lipinski definition) is 1. The second-order valence-electron chi connectivity index (χ2n) is 6.36. The summed E-state index contributed by atoms with van der Waals surface area (Å²) in [7, 11) is 0. The summed E-state index contributed by atoms with van der Waals surface area (Å²) in [5, 5.41) is 9.98. The quantitative estimate of drug-likeness (QED) is 0.807. The summed E-state index contributed by atoms with van der Waals surface area (Å²) < 4.78 is 5.73. The Bertz CT molecular complexity index is 424. The second kappa shape index (κ2) is 6.13. The van der Waals surface area contributed by atoms with Gasteiger partial charge >= 0.3 is 5.97 Å². The fraction of sp³-hybridized carbons (Fsp3) is 0.706. The van der Waals surface area contributed by atoms with Crippen LogP contribution in [0, 0.1) is 23.7 Å². The van der Waals surface area contributed by atoms with E-state index in [1.807, 2.05) is 19.9 Å². The van der Waals surface area contributed by atoms with Gasteiger partial charge in [0.15, 0.2) is 0 Å². The summed E-state index contributed by atoms with van der Waals surface area (Å²) in [5.74, 6) is 0.894. The number of fused-ring (bicyclic) bond motifs is 1. The molecular formula is C17H26O3. The molecule has 0 amide bonds. The number of allylic oxidation sites excluding steroid dienone is 2. The van der Waals surface area contributed by atoms with Crippen LogP contribution in [-0.2, 0) is 9.53 Å². The summed E-state index contributed by atoms with van der Waals surface area (Å²) in [6.07, 6.45) is 6.77. The molecule has 0 aromatic carbocycles. The first-order valence-corrected chi connectivity index (χ1v) is 7.72. The third-order valence-corrected chi connectivity index (χ3v) is 4.91. The van der Waals surface area contributed by atoms with Gasteiger partial charge in [-0.05, 0) is 23.8 Å².